The Balaban J connectivity index is 1.74. The van der Waals surface area contributed by atoms with Crippen LogP contribution in [0.1, 0.15) is 44.1 Å². The molecule has 144 valence electrons. The number of rotatable bonds is 9. The maximum atomic E-state index is 14.5. The van der Waals surface area contributed by atoms with E-state index in [9.17, 15) is 13.6 Å². The molecular formula is C21H23F2NO3. The van der Waals surface area contributed by atoms with Gasteiger partial charge in [-0.1, -0.05) is 6.42 Å². The topological polar surface area (TPSA) is 59.4 Å². The number of aromatic nitrogens is 1. The zero-order valence-corrected chi connectivity index (χ0v) is 15.1. The fourth-order valence-corrected chi connectivity index (χ4v) is 3.16. The fourth-order valence-electron chi connectivity index (χ4n) is 3.16. The minimum atomic E-state index is -0.905. The summed E-state index contributed by atoms with van der Waals surface area (Å²) < 4.78 is 34.7. The van der Waals surface area contributed by atoms with E-state index in [4.69, 9.17) is 9.84 Å². The van der Waals surface area contributed by atoms with Gasteiger partial charge in [0.15, 0.2) is 0 Å². The first kappa shape index (κ1) is 19.3. The van der Waals surface area contributed by atoms with E-state index in [1.165, 1.54) is 18.6 Å². The molecule has 0 amide bonds. The van der Waals surface area contributed by atoms with Gasteiger partial charge in [0.05, 0.1) is 6.61 Å². The van der Waals surface area contributed by atoms with Gasteiger partial charge in [-0.25, -0.2) is 13.8 Å². The third kappa shape index (κ3) is 5.02. The Morgan fingerprint density at radius 2 is 1.96 bits per heavy atom. The van der Waals surface area contributed by atoms with Crippen molar-refractivity contribution in [2.45, 2.75) is 44.9 Å². The summed E-state index contributed by atoms with van der Waals surface area (Å²) in [5.74, 6) is -1.25. The quantitative estimate of drug-likeness (QED) is 0.627. The Labute approximate surface area is 157 Å². The van der Waals surface area contributed by atoms with Crippen molar-refractivity contribution in [3.8, 4) is 17.0 Å². The van der Waals surface area contributed by atoms with Gasteiger partial charge in [0.2, 0.25) is 5.88 Å². The van der Waals surface area contributed by atoms with Crippen LogP contribution in [0.5, 0.6) is 5.88 Å². The molecular weight excluding hydrogens is 352 g/mol. The Kier molecular flexibility index (Phi) is 6.37. The van der Waals surface area contributed by atoms with E-state index < -0.39 is 17.6 Å². The number of hydrogen-bond donors (Lipinski definition) is 1. The van der Waals surface area contributed by atoms with Crippen molar-refractivity contribution in [1.82, 2.24) is 4.98 Å². The first-order valence-corrected chi connectivity index (χ1v) is 9.32. The van der Waals surface area contributed by atoms with Crippen LogP contribution in [0.25, 0.3) is 11.1 Å². The molecule has 1 N–H and O–H groups in total. The van der Waals surface area contributed by atoms with E-state index in [2.05, 4.69) is 4.98 Å². The van der Waals surface area contributed by atoms with Crippen molar-refractivity contribution < 1.29 is 23.4 Å². The molecule has 1 heterocycles. The van der Waals surface area contributed by atoms with E-state index in [0.29, 0.717) is 42.4 Å². The van der Waals surface area contributed by atoms with Crippen molar-refractivity contribution in [2.24, 2.45) is 5.92 Å². The second kappa shape index (κ2) is 8.93. The molecule has 27 heavy (non-hydrogen) atoms. The minimum absolute atomic E-state index is 0.00129. The zero-order chi connectivity index (χ0) is 19.2. The zero-order valence-electron chi connectivity index (χ0n) is 15.1. The number of pyridine rings is 1. The lowest BCUT2D eigenvalue weighted by molar-refractivity contribution is -0.137. The summed E-state index contributed by atoms with van der Waals surface area (Å²) in [5.41, 5.74) is 0.938. The normalized spacial score (nSPS) is 14.0. The SMILES string of the molecule is O=C(O)CCCCc1c(F)cc(-c2cccnc2OCC2CCC2)cc1F. The number of carboxylic acids is 1. The Bertz CT molecular complexity index is 783. The Morgan fingerprint density at radius 1 is 1.22 bits per heavy atom. The largest absolute Gasteiger partial charge is 0.481 e. The van der Waals surface area contributed by atoms with E-state index in [0.717, 1.165) is 12.8 Å². The second-order valence-electron chi connectivity index (χ2n) is 6.98. The number of nitrogens with zero attached hydrogens (tertiary/aromatic N) is 1. The molecule has 1 aliphatic rings. The van der Waals surface area contributed by atoms with Gasteiger partial charge in [0.1, 0.15) is 11.6 Å². The van der Waals surface area contributed by atoms with Crippen LogP contribution in [0.3, 0.4) is 0 Å². The fraction of sp³-hybridized carbons (Fsp3) is 0.429. The van der Waals surface area contributed by atoms with E-state index in [-0.39, 0.29) is 18.4 Å². The highest BCUT2D eigenvalue weighted by atomic mass is 19.1. The van der Waals surface area contributed by atoms with Gasteiger partial charge in [-0.2, -0.15) is 0 Å². The predicted octanol–water partition coefficient (Wildman–Crippen LogP) is 5.00. The molecule has 1 aromatic carbocycles. The third-order valence-corrected chi connectivity index (χ3v) is 4.97. The van der Waals surface area contributed by atoms with E-state index >= 15 is 0 Å². The first-order chi connectivity index (χ1) is 13.0. The molecule has 0 bridgehead atoms. The van der Waals surface area contributed by atoms with E-state index in [1.54, 1.807) is 18.3 Å². The molecule has 2 aromatic rings. The van der Waals surface area contributed by atoms with Gasteiger partial charge in [0.25, 0.3) is 0 Å². The number of carbonyl (C=O) groups is 1. The second-order valence-corrected chi connectivity index (χ2v) is 6.98. The molecule has 1 fully saturated rings. The number of benzene rings is 1. The summed E-state index contributed by atoms with van der Waals surface area (Å²) in [6.07, 6.45) is 6.07. The lowest BCUT2D eigenvalue weighted by Gasteiger charge is -2.25. The number of halogens is 2. The van der Waals surface area contributed by atoms with Gasteiger partial charge in [-0.15, -0.1) is 0 Å². The highest BCUT2D eigenvalue weighted by Crippen LogP contribution is 2.33. The third-order valence-electron chi connectivity index (χ3n) is 4.97. The van der Waals surface area contributed by atoms with Crippen molar-refractivity contribution in [3.63, 3.8) is 0 Å². The molecule has 6 heteroatoms. The molecule has 1 aliphatic carbocycles. The molecule has 0 unspecified atom stereocenters. The molecule has 0 spiro atoms. The number of unbranched alkanes of at least 4 members (excludes halogenated alkanes) is 1. The lowest BCUT2D eigenvalue weighted by atomic mass is 9.86. The summed E-state index contributed by atoms with van der Waals surface area (Å²) >= 11 is 0. The molecule has 0 aliphatic heterocycles. The summed E-state index contributed by atoms with van der Waals surface area (Å²) in [5, 5.41) is 8.64. The lowest BCUT2D eigenvalue weighted by Crippen LogP contribution is -2.19. The highest BCUT2D eigenvalue weighted by Gasteiger charge is 2.20. The van der Waals surface area contributed by atoms with Crippen LogP contribution in [0.2, 0.25) is 0 Å². The standard InChI is InChI=1S/C21H23F2NO3/c22-18-11-15(12-19(23)17(18)7-1-2-9-20(25)26)16-8-4-10-24-21(16)27-13-14-5-3-6-14/h4,8,10-12,14H,1-3,5-7,9,13H2,(H,25,26). The van der Waals surface area contributed by atoms with Crippen LogP contribution in [-0.4, -0.2) is 22.7 Å². The Hall–Kier alpha value is -2.50. The average molecular weight is 375 g/mol. The molecule has 0 saturated heterocycles. The van der Waals surface area contributed by atoms with Crippen LogP contribution in [0.4, 0.5) is 8.78 Å². The predicted molar refractivity (Wildman–Crippen MR) is 97.6 cm³/mol. The monoisotopic (exact) mass is 375 g/mol. The molecule has 0 atom stereocenters. The minimum Gasteiger partial charge on any atom is -0.481 e. The van der Waals surface area contributed by atoms with Crippen LogP contribution < -0.4 is 4.74 Å². The maximum absolute atomic E-state index is 14.5. The van der Waals surface area contributed by atoms with Crippen molar-refractivity contribution in [3.05, 3.63) is 47.7 Å². The number of ether oxygens (including phenoxy) is 1. The van der Waals surface area contributed by atoms with Crippen molar-refractivity contribution in [1.29, 1.82) is 0 Å². The number of hydrogen-bond acceptors (Lipinski definition) is 3. The summed E-state index contributed by atoms with van der Waals surface area (Å²) in [6.45, 7) is 0.566. The molecule has 3 rings (SSSR count). The molecule has 4 nitrogen and oxygen atoms in total. The average Bonchev–Trinajstić information content (AvgIpc) is 2.59. The number of carboxylic acid groups (broad SMARTS) is 1. The van der Waals surface area contributed by atoms with Crippen LogP contribution >= 0.6 is 0 Å². The van der Waals surface area contributed by atoms with Gasteiger partial charge >= 0.3 is 5.97 Å². The highest BCUT2D eigenvalue weighted by molar-refractivity contribution is 5.69. The van der Waals surface area contributed by atoms with E-state index in [1.807, 2.05) is 0 Å². The van der Waals surface area contributed by atoms with Gasteiger partial charge in [0, 0.05) is 23.7 Å². The van der Waals surface area contributed by atoms with Crippen LogP contribution in [-0.2, 0) is 11.2 Å². The maximum Gasteiger partial charge on any atom is 0.303 e. The van der Waals surface area contributed by atoms with Crippen molar-refractivity contribution in [2.75, 3.05) is 6.61 Å². The summed E-state index contributed by atoms with van der Waals surface area (Å²) in [4.78, 5) is 14.8. The van der Waals surface area contributed by atoms with Gasteiger partial charge in [-0.3, -0.25) is 4.79 Å². The van der Waals surface area contributed by atoms with Gasteiger partial charge < -0.3 is 9.84 Å². The van der Waals surface area contributed by atoms with Crippen LogP contribution in [0.15, 0.2) is 30.5 Å². The molecule has 1 aromatic heterocycles. The summed E-state index contributed by atoms with van der Waals surface area (Å²) in [7, 11) is 0. The Morgan fingerprint density at radius 3 is 2.59 bits per heavy atom. The van der Waals surface area contributed by atoms with Crippen molar-refractivity contribution >= 4 is 5.97 Å². The molecule has 0 radical (unpaired) electrons. The first-order valence-electron chi connectivity index (χ1n) is 9.32. The van der Waals surface area contributed by atoms with Crippen LogP contribution in [0, 0.1) is 17.6 Å². The van der Waals surface area contributed by atoms with Gasteiger partial charge in [-0.05, 0) is 67.9 Å². The number of aliphatic carboxylic acids is 1. The smallest absolute Gasteiger partial charge is 0.303 e. The molecule has 1 saturated carbocycles. The summed E-state index contributed by atoms with van der Waals surface area (Å²) in [6, 6.07) is 6.04.